The summed E-state index contributed by atoms with van der Waals surface area (Å²) in [5.74, 6) is -0.118. The summed E-state index contributed by atoms with van der Waals surface area (Å²) in [6, 6.07) is 3.74. The van der Waals surface area contributed by atoms with Gasteiger partial charge in [0, 0.05) is 38.6 Å². The van der Waals surface area contributed by atoms with Crippen LogP contribution >= 0.6 is 0 Å². The maximum absolute atomic E-state index is 11.9. The SMILES string of the molecule is CCOC1CC(N)C1Nc1ccnc(C(=O)N(C)C)c1. The zero-order chi connectivity index (χ0) is 14.7. The zero-order valence-corrected chi connectivity index (χ0v) is 12.2. The molecule has 0 bridgehead atoms. The average molecular weight is 278 g/mol. The van der Waals surface area contributed by atoms with E-state index >= 15 is 0 Å². The molecular formula is C14H22N4O2. The highest BCUT2D eigenvalue weighted by atomic mass is 16.5. The van der Waals surface area contributed by atoms with Crippen LogP contribution in [0.3, 0.4) is 0 Å². The number of hydrogen-bond donors (Lipinski definition) is 2. The van der Waals surface area contributed by atoms with Gasteiger partial charge < -0.3 is 20.7 Å². The second-order valence-corrected chi connectivity index (χ2v) is 5.19. The van der Waals surface area contributed by atoms with Crippen molar-refractivity contribution in [3.8, 4) is 0 Å². The molecule has 6 nitrogen and oxygen atoms in total. The highest BCUT2D eigenvalue weighted by Gasteiger charge is 2.39. The summed E-state index contributed by atoms with van der Waals surface area (Å²) in [6.45, 7) is 2.65. The molecule has 1 saturated carbocycles. The van der Waals surface area contributed by atoms with E-state index in [4.69, 9.17) is 10.5 Å². The van der Waals surface area contributed by atoms with Gasteiger partial charge in [-0.3, -0.25) is 9.78 Å². The third-order valence-electron chi connectivity index (χ3n) is 3.47. The van der Waals surface area contributed by atoms with Crippen LogP contribution in [0.4, 0.5) is 5.69 Å². The summed E-state index contributed by atoms with van der Waals surface area (Å²) in [4.78, 5) is 17.5. The Kier molecular flexibility index (Phi) is 4.57. The molecule has 1 aliphatic rings. The van der Waals surface area contributed by atoms with Gasteiger partial charge in [0.25, 0.3) is 5.91 Å². The molecule has 1 aromatic rings. The standard InChI is InChI=1S/C14H22N4O2/c1-4-20-12-8-10(15)13(12)17-9-5-6-16-11(7-9)14(19)18(2)3/h5-7,10,12-13H,4,8,15H2,1-3H3,(H,16,17). The fraction of sp³-hybridized carbons (Fsp3) is 0.571. The number of ether oxygens (including phenoxy) is 1. The number of pyridine rings is 1. The van der Waals surface area contributed by atoms with Crippen molar-refractivity contribution in [1.82, 2.24) is 9.88 Å². The Morgan fingerprint density at radius 2 is 2.35 bits per heavy atom. The number of carbonyl (C=O) groups is 1. The van der Waals surface area contributed by atoms with Crippen molar-refractivity contribution in [1.29, 1.82) is 0 Å². The van der Waals surface area contributed by atoms with Gasteiger partial charge in [-0.05, 0) is 25.5 Å². The second kappa shape index (κ2) is 6.19. The van der Waals surface area contributed by atoms with Crippen LogP contribution in [0.15, 0.2) is 18.3 Å². The number of hydrogen-bond acceptors (Lipinski definition) is 5. The molecule has 1 aliphatic carbocycles. The van der Waals surface area contributed by atoms with E-state index in [1.165, 1.54) is 4.90 Å². The molecule has 110 valence electrons. The first-order valence-corrected chi connectivity index (χ1v) is 6.84. The van der Waals surface area contributed by atoms with Crippen molar-refractivity contribution in [3.63, 3.8) is 0 Å². The van der Waals surface area contributed by atoms with Crippen LogP contribution in [0, 0.1) is 0 Å². The van der Waals surface area contributed by atoms with Gasteiger partial charge in [0.15, 0.2) is 0 Å². The first-order valence-electron chi connectivity index (χ1n) is 6.84. The minimum absolute atomic E-state index is 0.0766. The lowest BCUT2D eigenvalue weighted by molar-refractivity contribution is -0.0126. The molecule has 0 radical (unpaired) electrons. The van der Waals surface area contributed by atoms with Crippen molar-refractivity contribution >= 4 is 11.6 Å². The van der Waals surface area contributed by atoms with Crippen molar-refractivity contribution in [3.05, 3.63) is 24.0 Å². The van der Waals surface area contributed by atoms with E-state index in [2.05, 4.69) is 10.3 Å². The van der Waals surface area contributed by atoms with E-state index in [0.717, 1.165) is 12.1 Å². The van der Waals surface area contributed by atoms with Crippen LogP contribution < -0.4 is 11.1 Å². The Morgan fingerprint density at radius 3 is 2.95 bits per heavy atom. The molecule has 0 aliphatic heterocycles. The molecule has 1 heterocycles. The van der Waals surface area contributed by atoms with Crippen LogP contribution in [0.1, 0.15) is 23.8 Å². The molecular weight excluding hydrogens is 256 g/mol. The number of aromatic nitrogens is 1. The number of nitrogens with zero attached hydrogens (tertiary/aromatic N) is 2. The smallest absolute Gasteiger partial charge is 0.272 e. The van der Waals surface area contributed by atoms with E-state index in [1.54, 1.807) is 26.4 Å². The molecule has 1 amide bonds. The maximum Gasteiger partial charge on any atom is 0.272 e. The van der Waals surface area contributed by atoms with E-state index in [9.17, 15) is 4.79 Å². The number of amides is 1. The van der Waals surface area contributed by atoms with E-state index in [0.29, 0.717) is 12.3 Å². The molecule has 3 atom stereocenters. The molecule has 20 heavy (non-hydrogen) atoms. The molecule has 6 heteroatoms. The third kappa shape index (κ3) is 3.08. The normalized spacial score (nSPS) is 24.9. The fourth-order valence-electron chi connectivity index (χ4n) is 2.29. The second-order valence-electron chi connectivity index (χ2n) is 5.19. The summed E-state index contributed by atoms with van der Waals surface area (Å²) in [5.41, 5.74) is 7.26. The Labute approximate surface area is 119 Å². The fourth-order valence-corrected chi connectivity index (χ4v) is 2.29. The predicted molar refractivity (Wildman–Crippen MR) is 77.7 cm³/mol. The van der Waals surface area contributed by atoms with Crippen LogP contribution in [-0.2, 0) is 4.74 Å². The molecule has 3 unspecified atom stereocenters. The Hall–Kier alpha value is -1.66. The number of nitrogens with one attached hydrogen (secondary N) is 1. The summed E-state index contributed by atoms with van der Waals surface area (Å²) >= 11 is 0. The van der Waals surface area contributed by atoms with Gasteiger partial charge in [-0.2, -0.15) is 0 Å². The average Bonchev–Trinajstić information content (AvgIpc) is 2.44. The Balaban J connectivity index is 2.06. The topological polar surface area (TPSA) is 80.5 Å². The van der Waals surface area contributed by atoms with Crippen molar-refractivity contribution < 1.29 is 9.53 Å². The molecule has 1 fully saturated rings. The third-order valence-corrected chi connectivity index (χ3v) is 3.47. The zero-order valence-electron chi connectivity index (χ0n) is 12.2. The van der Waals surface area contributed by atoms with Gasteiger partial charge >= 0.3 is 0 Å². The molecule has 0 saturated heterocycles. The molecule has 1 aromatic heterocycles. The van der Waals surface area contributed by atoms with Crippen LogP contribution in [0.5, 0.6) is 0 Å². The minimum Gasteiger partial charge on any atom is -0.378 e. The molecule has 0 spiro atoms. The van der Waals surface area contributed by atoms with Gasteiger partial charge in [0.2, 0.25) is 0 Å². The summed E-state index contributed by atoms with van der Waals surface area (Å²) < 4.78 is 5.62. The van der Waals surface area contributed by atoms with Crippen molar-refractivity contribution in [2.24, 2.45) is 5.73 Å². The lowest BCUT2D eigenvalue weighted by Crippen LogP contribution is -2.60. The van der Waals surface area contributed by atoms with Gasteiger partial charge in [-0.15, -0.1) is 0 Å². The highest BCUT2D eigenvalue weighted by Crippen LogP contribution is 2.26. The highest BCUT2D eigenvalue weighted by molar-refractivity contribution is 5.92. The number of carbonyl (C=O) groups excluding carboxylic acids is 1. The lowest BCUT2D eigenvalue weighted by Gasteiger charge is -2.43. The predicted octanol–water partition coefficient (Wildman–Crippen LogP) is 0.700. The van der Waals surface area contributed by atoms with Crippen LogP contribution in [0.25, 0.3) is 0 Å². The number of rotatable bonds is 5. The Bertz CT molecular complexity index is 476. The summed E-state index contributed by atoms with van der Waals surface area (Å²) in [6.07, 6.45) is 2.62. The first-order chi connectivity index (χ1) is 9.52. The van der Waals surface area contributed by atoms with E-state index in [-0.39, 0.29) is 24.1 Å². The van der Waals surface area contributed by atoms with Gasteiger partial charge in [-0.25, -0.2) is 0 Å². The van der Waals surface area contributed by atoms with Crippen molar-refractivity contribution in [2.75, 3.05) is 26.0 Å². The number of nitrogens with two attached hydrogens (primary N) is 1. The lowest BCUT2D eigenvalue weighted by atomic mass is 9.83. The van der Waals surface area contributed by atoms with Gasteiger partial charge in [-0.1, -0.05) is 0 Å². The summed E-state index contributed by atoms with van der Waals surface area (Å²) in [7, 11) is 3.41. The van der Waals surface area contributed by atoms with E-state index in [1.807, 2.05) is 13.0 Å². The maximum atomic E-state index is 11.9. The molecule has 3 N–H and O–H groups in total. The number of anilines is 1. The van der Waals surface area contributed by atoms with Crippen LogP contribution in [0.2, 0.25) is 0 Å². The van der Waals surface area contributed by atoms with E-state index < -0.39 is 0 Å². The quantitative estimate of drug-likeness (QED) is 0.828. The van der Waals surface area contributed by atoms with Gasteiger partial charge in [0.05, 0.1) is 12.1 Å². The monoisotopic (exact) mass is 278 g/mol. The molecule has 0 aromatic carbocycles. The largest absolute Gasteiger partial charge is 0.378 e. The molecule has 2 rings (SSSR count). The first kappa shape index (κ1) is 14.7. The van der Waals surface area contributed by atoms with Crippen molar-refractivity contribution in [2.45, 2.75) is 31.5 Å². The van der Waals surface area contributed by atoms with Gasteiger partial charge in [0.1, 0.15) is 5.69 Å². The minimum atomic E-state index is -0.118. The Morgan fingerprint density at radius 1 is 1.60 bits per heavy atom. The summed E-state index contributed by atoms with van der Waals surface area (Å²) in [5, 5.41) is 3.34. The van der Waals surface area contributed by atoms with Crippen LogP contribution in [-0.4, -0.2) is 54.7 Å².